The third-order valence-electron chi connectivity index (χ3n) is 2.58. The number of nitrogens with two attached hydrogens (primary N) is 1. The van der Waals surface area contributed by atoms with Gasteiger partial charge in [0.05, 0.1) is 0 Å². The summed E-state index contributed by atoms with van der Waals surface area (Å²) >= 11 is 0. The third-order valence-corrected chi connectivity index (χ3v) is 2.58. The predicted molar refractivity (Wildman–Crippen MR) is 62.3 cm³/mol. The molecule has 2 nitrogen and oxygen atoms in total. The Labute approximate surface area is 93.9 Å². The summed E-state index contributed by atoms with van der Waals surface area (Å²) in [7, 11) is 0. The van der Waals surface area contributed by atoms with Gasteiger partial charge in [0.15, 0.2) is 0 Å². The Balaban J connectivity index is 2.53. The van der Waals surface area contributed by atoms with E-state index < -0.39 is 0 Å². The predicted octanol–water partition coefficient (Wildman–Crippen LogP) is 2.65. The van der Waals surface area contributed by atoms with Crippen LogP contribution in [0.4, 0.5) is 4.39 Å². The van der Waals surface area contributed by atoms with Gasteiger partial charge in [0.2, 0.25) is 0 Å². The summed E-state index contributed by atoms with van der Waals surface area (Å²) in [6.07, 6.45) is 3.39. The molecule has 0 atom stereocenters. The minimum atomic E-state index is -0.239. The molecule has 0 saturated heterocycles. The van der Waals surface area contributed by atoms with Crippen LogP contribution in [0.15, 0.2) is 36.7 Å². The van der Waals surface area contributed by atoms with E-state index in [9.17, 15) is 4.39 Å². The number of hydrogen-bond acceptors (Lipinski definition) is 2. The van der Waals surface area contributed by atoms with Gasteiger partial charge >= 0.3 is 0 Å². The molecule has 16 heavy (non-hydrogen) atoms. The van der Waals surface area contributed by atoms with Gasteiger partial charge in [0.25, 0.3) is 0 Å². The summed E-state index contributed by atoms with van der Waals surface area (Å²) in [5.74, 6) is -0.239. The SMILES string of the molecule is Cc1cnccc1-c1ccc(CN)cc1F. The zero-order valence-electron chi connectivity index (χ0n) is 9.07. The smallest absolute Gasteiger partial charge is 0.131 e. The van der Waals surface area contributed by atoms with Crippen molar-refractivity contribution in [3.05, 3.63) is 53.6 Å². The van der Waals surface area contributed by atoms with Crippen LogP contribution in [0, 0.1) is 12.7 Å². The molecular weight excluding hydrogens is 203 g/mol. The van der Waals surface area contributed by atoms with Gasteiger partial charge in [-0.05, 0) is 35.7 Å². The van der Waals surface area contributed by atoms with Crippen LogP contribution in [0.1, 0.15) is 11.1 Å². The Bertz CT molecular complexity index is 509. The van der Waals surface area contributed by atoms with E-state index in [4.69, 9.17) is 5.73 Å². The van der Waals surface area contributed by atoms with Gasteiger partial charge in [0.1, 0.15) is 5.82 Å². The van der Waals surface area contributed by atoms with Gasteiger partial charge in [-0.3, -0.25) is 4.98 Å². The van der Waals surface area contributed by atoms with E-state index in [0.29, 0.717) is 12.1 Å². The van der Waals surface area contributed by atoms with Crippen molar-refractivity contribution < 1.29 is 4.39 Å². The number of aryl methyl sites for hydroxylation is 1. The van der Waals surface area contributed by atoms with Gasteiger partial charge in [-0.2, -0.15) is 0 Å². The second-order valence-electron chi connectivity index (χ2n) is 3.71. The molecule has 0 unspecified atom stereocenters. The first-order valence-electron chi connectivity index (χ1n) is 5.12. The maximum atomic E-state index is 13.8. The number of benzene rings is 1. The highest BCUT2D eigenvalue weighted by molar-refractivity contribution is 5.67. The van der Waals surface area contributed by atoms with Crippen LogP contribution in [0.3, 0.4) is 0 Å². The monoisotopic (exact) mass is 216 g/mol. The normalized spacial score (nSPS) is 10.4. The molecule has 1 aromatic heterocycles. The zero-order chi connectivity index (χ0) is 11.5. The van der Waals surface area contributed by atoms with E-state index in [1.165, 1.54) is 6.07 Å². The molecule has 0 aliphatic rings. The fraction of sp³-hybridized carbons (Fsp3) is 0.154. The largest absolute Gasteiger partial charge is 0.326 e. The molecule has 2 rings (SSSR count). The molecule has 0 aliphatic heterocycles. The highest BCUT2D eigenvalue weighted by atomic mass is 19.1. The van der Waals surface area contributed by atoms with Gasteiger partial charge in [0, 0.05) is 24.5 Å². The molecule has 0 amide bonds. The summed E-state index contributed by atoms with van der Waals surface area (Å²) in [6.45, 7) is 2.27. The molecule has 82 valence electrons. The Morgan fingerprint density at radius 3 is 2.69 bits per heavy atom. The fourth-order valence-electron chi connectivity index (χ4n) is 1.68. The van der Waals surface area contributed by atoms with E-state index >= 15 is 0 Å². The standard InChI is InChI=1S/C13H13FN2/c1-9-8-16-5-4-11(9)12-3-2-10(7-15)6-13(12)14/h2-6,8H,7,15H2,1H3. The van der Waals surface area contributed by atoms with Crippen LogP contribution >= 0.6 is 0 Å². The van der Waals surface area contributed by atoms with Crippen LogP contribution in [0.25, 0.3) is 11.1 Å². The molecular formula is C13H13FN2. The quantitative estimate of drug-likeness (QED) is 0.838. The van der Waals surface area contributed by atoms with Crippen molar-refractivity contribution in [2.75, 3.05) is 0 Å². The van der Waals surface area contributed by atoms with Gasteiger partial charge < -0.3 is 5.73 Å². The molecule has 2 aromatic rings. The van der Waals surface area contributed by atoms with Crippen molar-refractivity contribution in [3.8, 4) is 11.1 Å². The van der Waals surface area contributed by atoms with Crippen molar-refractivity contribution in [2.24, 2.45) is 5.73 Å². The van der Waals surface area contributed by atoms with Gasteiger partial charge in [-0.15, -0.1) is 0 Å². The van der Waals surface area contributed by atoms with E-state index in [1.54, 1.807) is 18.5 Å². The number of pyridine rings is 1. The number of hydrogen-bond donors (Lipinski definition) is 1. The lowest BCUT2D eigenvalue weighted by atomic mass is 10.0. The minimum absolute atomic E-state index is 0.239. The highest BCUT2D eigenvalue weighted by Gasteiger charge is 2.07. The fourth-order valence-corrected chi connectivity index (χ4v) is 1.68. The number of aromatic nitrogens is 1. The lowest BCUT2D eigenvalue weighted by molar-refractivity contribution is 0.629. The van der Waals surface area contributed by atoms with Crippen molar-refractivity contribution in [1.82, 2.24) is 4.98 Å². The Morgan fingerprint density at radius 2 is 2.06 bits per heavy atom. The van der Waals surface area contributed by atoms with Crippen LogP contribution in [0.2, 0.25) is 0 Å². The number of rotatable bonds is 2. The summed E-state index contributed by atoms with van der Waals surface area (Å²) in [4.78, 5) is 3.99. The molecule has 0 saturated carbocycles. The third kappa shape index (κ3) is 1.95. The maximum absolute atomic E-state index is 13.8. The summed E-state index contributed by atoms with van der Waals surface area (Å²) in [6, 6.07) is 6.91. The van der Waals surface area contributed by atoms with E-state index in [1.807, 2.05) is 19.1 Å². The van der Waals surface area contributed by atoms with Gasteiger partial charge in [-0.1, -0.05) is 12.1 Å². The summed E-state index contributed by atoms with van der Waals surface area (Å²) in [5.41, 5.74) is 8.69. The minimum Gasteiger partial charge on any atom is -0.326 e. The Kier molecular flexibility index (Phi) is 2.97. The molecule has 0 aliphatic carbocycles. The van der Waals surface area contributed by atoms with Crippen LogP contribution in [-0.4, -0.2) is 4.98 Å². The second-order valence-corrected chi connectivity index (χ2v) is 3.71. The molecule has 2 N–H and O–H groups in total. The van der Waals surface area contributed by atoms with Gasteiger partial charge in [-0.25, -0.2) is 4.39 Å². The lowest BCUT2D eigenvalue weighted by Crippen LogP contribution is -1.97. The number of halogens is 1. The van der Waals surface area contributed by atoms with Crippen LogP contribution in [-0.2, 0) is 6.54 Å². The average molecular weight is 216 g/mol. The van der Waals surface area contributed by atoms with E-state index in [0.717, 1.165) is 16.7 Å². The van der Waals surface area contributed by atoms with Crippen LogP contribution in [0.5, 0.6) is 0 Å². The molecule has 1 aromatic carbocycles. The zero-order valence-corrected chi connectivity index (χ0v) is 9.07. The first-order valence-corrected chi connectivity index (χ1v) is 5.12. The summed E-state index contributed by atoms with van der Waals surface area (Å²) in [5, 5.41) is 0. The molecule has 1 heterocycles. The highest BCUT2D eigenvalue weighted by Crippen LogP contribution is 2.25. The summed E-state index contributed by atoms with van der Waals surface area (Å²) < 4.78 is 13.8. The lowest BCUT2D eigenvalue weighted by Gasteiger charge is -2.07. The Morgan fingerprint density at radius 1 is 1.25 bits per heavy atom. The van der Waals surface area contributed by atoms with Crippen molar-refractivity contribution in [2.45, 2.75) is 13.5 Å². The maximum Gasteiger partial charge on any atom is 0.131 e. The Hall–Kier alpha value is -1.74. The first-order chi connectivity index (χ1) is 7.72. The first kappa shape index (κ1) is 10.8. The van der Waals surface area contributed by atoms with Crippen molar-refractivity contribution >= 4 is 0 Å². The molecule has 0 spiro atoms. The van der Waals surface area contributed by atoms with E-state index in [2.05, 4.69) is 4.98 Å². The topological polar surface area (TPSA) is 38.9 Å². The molecule has 3 heteroatoms. The average Bonchev–Trinajstić information content (AvgIpc) is 2.30. The van der Waals surface area contributed by atoms with Crippen molar-refractivity contribution in [1.29, 1.82) is 0 Å². The number of nitrogens with zero attached hydrogens (tertiary/aromatic N) is 1. The van der Waals surface area contributed by atoms with Crippen LogP contribution < -0.4 is 5.73 Å². The van der Waals surface area contributed by atoms with Crippen molar-refractivity contribution in [3.63, 3.8) is 0 Å². The molecule has 0 radical (unpaired) electrons. The molecule has 0 fully saturated rings. The second kappa shape index (κ2) is 4.41. The molecule has 0 bridgehead atoms. The van der Waals surface area contributed by atoms with E-state index in [-0.39, 0.29) is 5.82 Å².